The summed E-state index contributed by atoms with van der Waals surface area (Å²) in [5.74, 6) is -0.254. The molecule has 2 amide bonds. The molecule has 7 nitrogen and oxygen atoms in total. The minimum atomic E-state index is -0.157. The molecule has 0 bridgehead atoms. The number of hydrogen-bond acceptors (Lipinski definition) is 4. The molecule has 3 aromatic rings. The third kappa shape index (κ3) is 4.65. The number of carbonyl (C=O) groups excluding carboxylic acids is 2. The van der Waals surface area contributed by atoms with E-state index in [9.17, 15) is 9.59 Å². The number of nitrogens with zero attached hydrogens (tertiary/aromatic N) is 2. The van der Waals surface area contributed by atoms with E-state index in [0.717, 1.165) is 59.0 Å². The number of benzene rings is 1. The number of anilines is 1. The molecular formula is C27H31N5O2. The Labute approximate surface area is 200 Å². The van der Waals surface area contributed by atoms with E-state index in [-0.39, 0.29) is 11.8 Å². The number of aromatic amines is 1. The van der Waals surface area contributed by atoms with E-state index in [1.54, 1.807) is 12.4 Å². The summed E-state index contributed by atoms with van der Waals surface area (Å²) in [6.45, 7) is 11.3. The predicted octanol–water partition coefficient (Wildman–Crippen LogP) is 4.26. The van der Waals surface area contributed by atoms with Crippen LogP contribution >= 0.6 is 0 Å². The van der Waals surface area contributed by atoms with E-state index in [4.69, 9.17) is 0 Å². The van der Waals surface area contributed by atoms with Crippen LogP contribution in [0.2, 0.25) is 0 Å². The number of nitrogens with one attached hydrogen (secondary N) is 3. The second kappa shape index (κ2) is 10.1. The standard InChI is InChI=1S/C27H31N5O2/c1-5-32(6-2)13-12-29-27(34)25-17(3)23(30-18(25)4)15-22-21-10-9-19(14-24(21)31-26(22)33)20-8-7-11-28-16-20/h7-11,14-16,30H,5-6,12-13H2,1-4H3,(H,29,34)(H,31,33). The maximum Gasteiger partial charge on any atom is 0.256 e. The van der Waals surface area contributed by atoms with Crippen LogP contribution in [0.25, 0.3) is 22.8 Å². The highest BCUT2D eigenvalue weighted by Gasteiger charge is 2.26. The summed E-state index contributed by atoms with van der Waals surface area (Å²) in [5, 5.41) is 5.99. The molecule has 0 atom stereocenters. The fourth-order valence-corrected chi connectivity index (χ4v) is 4.41. The molecule has 0 saturated carbocycles. The Hall–Kier alpha value is -3.71. The van der Waals surface area contributed by atoms with Crippen LogP contribution in [-0.2, 0) is 4.79 Å². The van der Waals surface area contributed by atoms with Gasteiger partial charge in [-0.25, -0.2) is 0 Å². The minimum absolute atomic E-state index is 0.0968. The lowest BCUT2D eigenvalue weighted by Gasteiger charge is -2.18. The number of carbonyl (C=O) groups is 2. The first-order valence-electron chi connectivity index (χ1n) is 11.7. The lowest BCUT2D eigenvalue weighted by molar-refractivity contribution is -0.110. The van der Waals surface area contributed by atoms with E-state index in [1.165, 1.54) is 0 Å². The summed E-state index contributed by atoms with van der Waals surface area (Å²) in [7, 11) is 0. The number of likely N-dealkylation sites (N-methyl/N-ethyl adjacent to an activating group) is 1. The molecule has 7 heteroatoms. The van der Waals surface area contributed by atoms with E-state index in [0.29, 0.717) is 17.7 Å². The van der Waals surface area contributed by atoms with Gasteiger partial charge in [-0.15, -0.1) is 0 Å². The molecule has 4 rings (SSSR count). The SMILES string of the molecule is CCN(CC)CCNC(=O)c1c(C)[nH]c(C=C2C(=O)Nc3cc(-c4cccnc4)ccc32)c1C. The molecule has 1 aromatic carbocycles. The number of H-pyrrole nitrogens is 1. The summed E-state index contributed by atoms with van der Waals surface area (Å²) in [6, 6.07) is 9.79. The molecule has 34 heavy (non-hydrogen) atoms. The van der Waals surface area contributed by atoms with Crippen molar-refractivity contribution in [3.05, 3.63) is 70.8 Å². The molecule has 1 aliphatic heterocycles. The van der Waals surface area contributed by atoms with Crippen molar-refractivity contribution in [2.45, 2.75) is 27.7 Å². The zero-order valence-corrected chi connectivity index (χ0v) is 20.2. The quantitative estimate of drug-likeness (QED) is 0.441. The predicted molar refractivity (Wildman–Crippen MR) is 137 cm³/mol. The van der Waals surface area contributed by atoms with Gasteiger partial charge in [0.1, 0.15) is 0 Å². The van der Waals surface area contributed by atoms with Gasteiger partial charge < -0.3 is 20.5 Å². The van der Waals surface area contributed by atoms with Crippen molar-refractivity contribution in [1.29, 1.82) is 0 Å². The summed E-state index contributed by atoms with van der Waals surface area (Å²) < 4.78 is 0. The first-order chi connectivity index (χ1) is 16.4. The van der Waals surface area contributed by atoms with Gasteiger partial charge in [-0.05, 0) is 56.3 Å². The second-order valence-electron chi connectivity index (χ2n) is 8.46. The molecular weight excluding hydrogens is 426 g/mol. The Morgan fingerprint density at radius 3 is 2.65 bits per heavy atom. The van der Waals surface area contributed by atoms with Gasteiger partial charge in [0.2, 0.25) is 0 Å². The number of aryl methyl sites for hydroxylation is 1. The zero-order chi connectivity index (χ0) is 24.2. The van der Waals surface area contributed by atoms with Gasteiger partial charge in [0.25, 0.3) is 11.8 Å². The van der Waals surface area contributed by atoms with Gasteiger partial charge in [0.15, 0.2) is 0 Å². The van der Waals surface area contributed by atoms with Crippen LogP contribution in [0, 0.1) is 13.8 Å². The highest BCUT2D eigenvalue weighted by Crippen LogP contribution is 2.36. The van der Waals surface area contributed by atoms with Gasteiger partial charge in [0, 0.05) is 53.7 Å². The fourth-order valence-electron chi connectivity index (χ4n) is 4.41. The molecule has 176 valence electrons. The molecule has 2 aromatic heterocycles. The smallest absolute Gasteiger partial charge is 0.256 e. The number of rotatable bonds is 8. The Balaban J connectivity index is 1.57. The summed E-state index contributed by atoms with van der Waals surface area (Å²) in [6.07, 6.45) is 5.37. The van der Waals surface area contributed by atoms with Crippen molar-refractivity contribution in [1.82, 2.24) is 20.2 Å². The van der Waals surface area contributed by atoms with Crippen molar-refractivity contribution in [3.63, 3.8) is 0 Å². The lowest BCUT2D eigenvalue weighted by atomic mass is 10.00. The second-order valence-corrected chi connectivity index (χ2v) is 8.46. The first kappa shape index (κ1) is 23.4. The third-order valence-electron chi connectivity index (χ3n) is 6.40. The average molecular weight is 458 g/mol. The molecule has 0 saturated heterocycles. The molecule has 0 aliphatic carbocycles. The Bertz CT molecular complexity index is 1240. The Morgan fingerprint density at radius 2 is 1.94 bits per heavy atom. The molecule has 0 spiro atoms. The molecule has 0 fully saturated rings. The third-order valence-corrected chi connectivity index (χ3v) is 6.40. The zero-order valence-electron chi connectivity index (χ0n) is 20.2. The number of aromatic nitrogens is 2. The van der Waals surface area contributed by atoms with E-state index < -0.39 is 0 Å². The van der Waals surface area contributed by atoms with Crippen molar-refractivity contribution < 1.29 is 9.59 Å². The van der Waals surface area contributed by atoms with Gasteiger partial charge >= 0.3 is 0 Å². The minimum Gasteiger partial charge on any atom is -0.358 e. The molecule has 0 radical (unpaired) electrons. The lowest BCUT2D eigenvalue weighted by Crippen LogP contribution is -2.35. The van der Waals surface area contributed by atoms with Crippen molar-refractivity contribution in [2.75, 3.05) is 31.5 Å². The number of hydrogen-bond donors (Lipinski definition) is 3. The summed E-state index contributed by atoms with van der Waals surface area (Å²) >= 11 is 0. The van der Waals surface area contributed by atoms with Crippen molar-refractivity contribution in [3.8, 4) is 11.1 Å². The molecule has 3 N–H and O–H groups in total. The summed E-state index contributed by atoms with van der Waals surface area (Å²) in [5.41, 5.74) is 7.19. The number of amides is 2. The monoisotopic (exact) mass is 457 g/mol. The highest BCUT2D eigenvalue weighted by molar-refractivity contribution is 6.35. The average Bonchev–Trinajstić information content (AvgIpc) is 3.31. The normalized spacial score (nSPS) is 13.9. The van der Waals surface area contributed by atoms with Crippen LogP contribution in [0.5, 0.6) is 0 Å². The Kier molecular flexibility index (Phi) is 6.93. The van der Waals surface area contributed by atoms with Crippen molar-refractivity contribution >= 4 is 29.2 Å². The molecule has 0 unspecified atom stereocenters. The first-order valence-corrected chi connectivity index (χ1v) is 11.7. The van der Waals surface area contributed by atoms with Gasteiger partial charge in [0.05, 0.1) is 11.1 Å². The van der Waals surface area contributed by atoms with E-state index in [2.05, 4.69) is 39.3 Å². The van der Waals surface area contributed by atoms with E-state index in [1.807, 2.05) is 50.3 Å². The van der Waals surface area contributed by atoms with Gasteiger partial charge in [-0.1, -0.05) is 32.0 Å². The van der Waals surface area contributed by atoms with Crippen LogP contribution in [0.3, 0.4) is 0 Å². The van der Waals surface area contributed by atoms with Crippen LogP contribution in [0.1, 0.15) is 46.7 Å². The number of fused-ring (bicyclic) bond motifs is 1. The van der Waals surface area contributed by atoms with Crippen LogP contribution in [0.15, 0.2) is 42.7 Å². The largest absolute Gasteiger partial charge is 0.358 e. The summed E-state index contributed by atoms with van der Waals surface area (Å²) in [4.78, 5) is 35.4. The Morgan fingerprint density at radius 1 is 1.15 bits per heavy atom. The molecule has 3 heterocycles. The highest BCUT2D eigenvalue weighted by atomic mass is 16.2. The fraction of sp³-hybridized carbons (Fsp3) is 0.296. The van der Waals surface area contributed by atoms with Gasteiger partial charge in [-0.3, -0.25) is 14.6 Å². The van der Waals surface area contributed by atoms with Crippen LogP contribution < -0.4 is 10.6 Å². The van der Waals surface area contributed by atoms with Crippen LogP contribution in [0.4, 0.5) is 5.69 Å². The maximum absolute atomic E-state index is 12.9. The van der Waals surface area contributed by atoms with Gasteiger partial charge in [-0.2, -0.15) is 0 Å². The van der Waals surface area contributed by atoms with E-state index >= 15 is 0 Å². The molecule has 1 aliphatic rings. The topological polar surface area (TPSA) is 90.1 Å². The maximum atomic E-state index is 12.9. The number of pyridine rings is 1. The van der Waals surface area contributed by atoms with Crippen LogP contribution in [-0.4, -0.2) is 52.9 Å². The van der Waals surface area contributed by atoms with Crippen molar-refractivity contribution in [2.24, 2.45) is 0 Å².